The second-order valence-electron chi connectivity index (χ2n) is 6.53. The number of hydrogen-bond acceptors (Lipinski definition) is 4. The molecule has 0 aromatic heterocycles. The van der Waals surface area contributed by atoms with Gasteiger partial charge in [-0.3, -0.25) is 4.90 Å². The Hall–Kier alpha value is -1.75. The zero-order valence-corrected chi connectivity index (χ0v) is 14.0. The molecular formula is C17H25NO4. The molecule has 2 rings (SSSR count). The van der Waals surface area contributed by atoms with Gasteiger partial charge in [0.1, 0.15) is 17.6 Å². The van der Waals surface area contributed by atoms with Gasteiger partial charge in [0.25, 0.3) is 0 Å². The number of ether oxygens (including phenoxy) is 3. The van der Waals surface area contributed by atoms with Gasteiger partial charge < -0.3 is 14.2 Å². The van der Waals surface area contributed by atoms with E-state index in [1.54, 1.807) is 19.1 Å². The van der Waals surface area contributed by atoms with Gasteiger partial charge in [-0.05, 0) is 38.5 Å². The maximum Gasteiger partial charge on any atom is 0.412 e. The molecule has 1 heterocycles. The first kappa shape index (κ1) is 16.6. The molecule has 2 atom stereocenters. The van der Waals surface area contributed by atoms with Crippen LogP contribution < -0.4 is 4.74 Å². The maximum atomic E-state index is 12.3. The van der Waals surface area contributed by atoms with E-state index in [1.165, 1.54) is 5.56 Å². The summed E-state index contributed by atoms with van der Waals surface area (Å²) in [6, 6.07) is 7.95. The van der Waals surface area contributed by atoms with E-state index in [4.69, 9.17) is 14.2 Å². The first-order chi connectivity index (χ1) is 10.3. The Kier molecular flexibility index (Phi) is 4.96. The van der Waals surface area contributed by atoms with Crippen LogP contribution in [0, 0.1) is 0 Å². The van der Waals surface area contributed by atoms with Crippen molar-refractivity contribution in [2.75, 3.05) is 20.8 Å². The summed E-state index contributed by atoms with van der Waals surface area (Å²) in [5.41, 5.74) is 0.669. The molecule has 22 heavy (non-hydrogen) atoms. The van der Waals surface area contributed by atoms with E-state index in [2.05, 4.69) is 0 Å². The molecule has 0 bridgehead atoms. The summed E-state index contributed by atoms with van der Waals surface area (Å²) in [7, 11) is 3.27. The fourth-order valence-electron chi connectivity index (χ4n) is 2.65. The summed E-state index contributed by atoms with van der Waals surface area (Å²) in [5.74, 6) is 1.07. The number of carbonyl (C=O) groups excluding carboxylic acids is 1. The molecule has 0 N–H and O–H groups in total. The summed E-state index contributed by atoms with van der Waals surface area (Å²) >= 11 is 0. The summed E-state index contributed by atoms with van der Waals surface area (Å²) in [6.07, 6.45) is 0.194. The van der Waals surface area contributed by atoms with E-state index in [1.807, 2.05) is 45.0 Å². The normalized spacial score (nSPS) is 21.8. The van der Waals surface area contributed by atoms with E-state index >= 15 is 0 Å². The number of amides is 1. The molecule has 122 valence electrons. The van der Waals surface area contributed by atoms with Crippen LogP contribution in [-0.2, 0) is 9.47 Å². The van der Waals surface area contributed by atoms with Gasteiger partial charge in [-0.1, -0.05) is 12.1 Å². The Morgan fingerprint density at radius 3 is 2.32 bits per heavy atom. The number of hydrogen-bond donors (Lipinski definition) is 0. The second kappa shape index (κ2) is 6.57. The van der Waals surface area contributed by atoms with E-state index in [9.17, 15) is 4.79 Å². The van der Waals surface area contributed by atoms with Crippen LogP contribution in [0.15, 0.2) is 24.3 Å². The lowest BCUT2D eigenvalue weighted by Crippen LogP contribution is -2.40. The van der Waals surface area contributed by atoms with Crippen LogP contribution >= 0.6 is 0 Å². The van der Waals surface area contributed by atoms with Crippen LogP contribution in [-0.4, -0.2) is 43.6 Å². The van der Waals surface area contributed by atoms with Crippen LogP contribution in [0.2, 0.25) is 0 Å². The van der Waals surface area contributed by atoms with Crippen LogP contribution in [0.4, 0.5) is 4.79 Å². The molecule has 1 saturated heterocycles. The van der Waals surface area contributed by atoms with Gasteiger partial charge in [-0.15, -0.1) is 0 Å². The van der Waals surface area contributed by atoms with Crippen molar-refractivity contribution in [1.29, 1.82) is 0 Å². The van der Waals surface area contributed by atoms with Gasteiger partial charge >= 0.3 is 6.09 Å². The molecule has 1 aliphatic heterocycles. The van der Waals surface area contributed by atoms with Gasteiger partial charge in [0.15, 0.2) is 0 Å². The predicted molar refractivity (Wildman–Crippen MR) is 84.1 cm³/mol. The molecule has 1 fully saturated rings. The highest BCUT2D eigenvalue weighted by Crippen LogP contribution is 2.33. The zero-order valence-electron chi connectivity index (χ0n) is 14.0. The number of rotatable bonds is 3. The molecule has 5 heteroatoms. The van der Waals surface area contributed by atoms with Gasteiger partial charge in [-0.25, -0.2) is 4.79 Å². The summed E-state index contributed by atoms with van der Waals surface area (Å²) in [4.78, 5) is 14.0. The van der Waals surface area contributed by atoms with E-state index in [0.717, 1.165) is 12.2 Å². The van der Waals surface area contributed by atoms with Crippen molar-refractivity contribution in [1.82, 2.24) is 4.90 Å². The summed E-state index contributed by atoms with van der Waals surface area (Å²) < 4.78 is 16.1. The highest BCUT2D eigenvalue weighted by Gasteiger charge is 2.38. The quantitative estimate of drug-likeness (QED) is 0.859. The topological polar surface area (TPSA) is 48.0 Å². The largest absolute Gasteiger partial charge is 0.497 e. The number of benzene rings is 1. The third kappa shape index (κ3) is 3.91. The van der Waals surface area contributed by atoms with Gasteiger partial charge in [-0.2, -0.15) is 0 Å². The van der Waals surface area contributed by atoms with Crippen molar-refractivity contribution in [2.45, 2.75) is 44.9 Å². The Morgan fingerprint density at radius 2 is 1.82 bits per heavy atom. The first-order valence-electron chi connectivity index (χ1n) is 7.50. The smallest absolute Gasteiger partial charge is 0.412 e. The molecule has 1 aromatic carbocycles. The van der Waals surface area contributed by atoms with E-state index in [-0.39, 0.29) is 18.2 Å². The average Bonchev–Trinajstić information content (AvgIpc) is 2.90. The summed E-state index contributed by atoms with van der Waals surface area (Å²) in [6.45, 7) is 6.19. The standard InChI is InChI=1S/C17H25NO4/c1-17(2,3)22-16(19)18-11-13(10-15(18)21-5)12-6-8-14(20-4)9-7-12/h6-9,13,15H,10-11H2,1-5H3. The first-order valence-corrected chi connectivity index (χ1v) is 7.50. The fourth-order valence-corrected chi connectivity index (χ4v) is 2.65. The molecule has 0 saturated carbocycles. The lowest BCUT2D eigenvalue weighted by atomic mass is 9.98. The third-order valence-electron chi connectivity index (χ3n) is 3.74. The van der Waals surface area contributed by atoms with E-state index < -0.39 is 5.60 Å². The molecule has 5 nitrogen and oxygen atoms in total. The minimum absolute atomic E-state index is 0.239. The molecule has 1 amide bonds. The number of methoxy groups -OCH3 is 2. The van der Waals surface area contributed by atoms with Crippen LogP contribution in [0.25, 0.3) is 0 Å². The zero-order chi connectivity index (χ0) is 16.3. The van der Waals surface area contributed by atoms with Crippen molar-refractivity contribution in [3.63, 3.8) is 0 Å². The summed E-state index contributed by atoms with van der Waals surface area (Å²) in [5, 5.41) is 0. The SMILES string of the molecule is COc1ccc(C2CC(OC)N(C(=O)OC(C)(C)C)C2)cc1. The van der Waals surface area contributed by atoms with Gasteiger partial charge in [0, 0.05) is 26.0 Å². The molecule has 0 radical (unpaired) electrons. The molecule has 1 aromatic rings. The number of likely N-dealkylation sites (tertiary alicyclic amines) is 1. The Labute approximate surface area is 132 Å². The Morgan fingerprint density at radius 1 is 1.18 bits per heavy atom. The van der Waals surface area contributed by atoms with Crippen molar-refractivity contribution >= 4 is 6.09 Å². The van der Waals surface area contributed by atoms with Crippen molar-refractivity contribution in [3.8, 4) is 5.75 Å². The van der Waals surface area contributed by atoms with Crippen LogP contribution in [0.1, 0.15) is 38.7 Å². The maximum absolute atomic E-state index is 12.3. The predicted octanol–water partition coefficient (Wildman–Crippen LogP) is 3.39. The molecule has 0 spiro atoms. The molecule has 0 aliphatic carbocycles. The highest BCUT2D eigenvalue weighted by atomic mass is 16.6. The fraction of sp³-hybridized carbons (Fsp3) is 0.588. The molecular weight excluding hydrogens is 282 g/mol. The number of nitrogens with zero attached hydrogens (tertiary/aromatic N) is 1. The number of carbonyl (C=O) groups is 1. The van der Waals surface area contributed by atoms with E-state index in [0.29, 0.717) is 6.54 Å². The lowest BCUT2D eigenvalue weighted by Gasteiger charge is -2.27. The van der Waals surface area contributed by atoms with Gasteiger partial charge in [0.05, 0.1) is 7.11 Å². The Bertz CT molecular complexity index is 506. The Balaban J connectivity index is 2.09. The highest BCUT2D eigenvalue weighted by molar-refractivity contribution is 5.69. The lowest BCUT2D eigenvalue weighted by molar-refractivity contribution is -0.0305. The third-order valence-corrected chi connectivity index (χ3v) is 3.74. The van der Waals surface area contributed by atoms with Crippen LogP contribution in [0.5, 0.6) is 5.75 Å². The second-order valence-corrected chi connectivity index (χ2v) is 6.53. The monoisotopic (exact) mass is 307 g/mol. The minimum atomic E-state index is -0.506. The minimum Gasteiger partial charge on any atom is -0.497 e. The van der Waals surface area contributed by atoms with Gasteiger partial charge in [0.2, 0.25) is 0 Å². The molecule has 1 aliphatic rings. The molecule has 2 unspecified atom stereocenters. The van der Waals surface area contributed by atoms with Crippen molar-refractivity contribution < 1.29 is 19.0 Å². The van der Waals surface area contributed by atoms with Crippen molar-refractivity contribution in [2.24, 2.45) is 0 Å². The van der Waals surface area contributed by atoms with Crippen LogP contribution in [0.3, 0.4) is 0 Å². The van der Waals surface area contributed by atoms with Crippen molar-refractivity contribution in [3.05, 3.63) is 29.8 Å². The average molecular weight is 307 g/mol.